The van der Waals surface area contributed by atoms with E-state index in [1.54, 1.807) is 32.0 Å². The number of hydrogen-bond acceptors (Lipinski definition) is 4. The van der Waals surface area contributed by atoms with Gasteiger partial charge in [0.15, 0.2) is 0 Å². The molecule has 29 heavy (non-hydrogen) atoms. The highest BCUT2D eigenvalue weighted by Gasteiger charge is 2.21. The van der Waals surface area contributed by atoms with E-state index in [9.17, 15) is 22.4 Å². The first kappa shape index (κ1) is 22.5. The van der Waals surface area contributed by atoms with Gasteiger partial charge in [-0.1, -0.05) is 32.0 Å². The van der Waals surface area contributed by atoms with Crippen molar-refractivity contribution < 1.29 is 22.4 Å². The molecule has 7 nitrogen and oxygen atoms in total. The van der Waals surface area contributed by atoms with Crippen LogP contribution in [0.5, 0.6) is 0 Å². The van der Waals surface area contributed by atoms with Crippen molar-refractivity contribution >= 4 is 21.8 Å². The maximum Gasteiger partial charge on any atom is 0.251 e. The van der Waals surface area contributed by atoms with E-state index in [1.807, 2.05) is 0 Å². The number of carbonyl (C=O) groups is 2. The highest BCUT2D eigenvalue weighted by molar-refractivity contribution is 7.89. The molecule has 156 valence electrons. The molecular weight excluding hydrogens is 397 g/mol. The lowest BCUT2D eigenvalue weighted by Gasteiger charge is -2.18. The number of hydrogen-bond donors (Lipinski definition) is 2. The molecule has 0 atom stereocenters. The molecule has 0 aromatic heterocycles. The second-order valence-electron chi connectivity index (χ2n) is 6.16. The molecular formula is C20H24FN3O4S. The van der Waals surface area contributed by atoms with Gasteiger partial charge in [0.25, 0.3) is 5.91 Å². The molecule has 2 aromatic rings. The van der Waals surface area contributed by atoms with Crippen molar-refractivity contribution in [2.75, 3.05) is 19.6 Å². The first-order valence-electron chi connectivity index (χ1n) is 9.18. The van der Waals surface area contributed by atoms with Crippen LogP contribution in [0.3, 0.4) is 0 Å². The Morgan fingerprint density at radius 3 is 2.17 bits per heavy atom. The number of nitrogens with one attached hydrogen (secondary N) is 2. The third kappa shape index (κ3) is 5.85. The van der Waals surface area contributed by atoms with Crippen LogP contribution < -0.4 is 10.6 Å². The van der Waals surface area contributed by atoms with Crippen LogP contribution in [0.2, 0.25) is 0 Å². The van der Waals surface area contributed by atoms with E-state index in [1.165, 1.54) is 34.6 Å². The van der Waals surface area contributed by atoms with Crippen molar-refractivity contribution in [3.05, 3.63) is 65.5 Å². The summed E-state index contributed by atoms with van der Waals surface area (Å²) >= 11 is 0. The Bertz CT molecular complexity index is 958. The largest absolute Gasteiger partial charge is 0.350 e. The molecule has 0 aliphatic carbocycles. The van der Waals surface area contributed by atoms with E-state index in [-0.39, 0.29) is 23.5 Å². The minimum Gasteiger partial charge on any atom is -0.350 e. The molecule has 2 aromatic carbocycles. The summed E-state index contributed by atoms with van der Waals surface area (Å²) in [6.07, 6.45) is 0. The van der Waals surface area contributed by atoms with Gasteiger partial charge >= 0.3 is 0 Å². The zero-order valence-corrected chi connectivity index (χ0v) is 17.1. The molecule has 0 heterocycles. The number of nitrogens with zero attached hydrogens (tertiary/aromatic N) is 1. The Morgan fingerprint density at radius 2 is 1.59 bits per heavy atom. The smallest absolute Gasteiger partial charge is 0.251 e. The fourth-order valence-electron chi connectivity index (χ4n) is 2.65. The lowest BCUT2D eigenvalue weighted by atomic mass is 10.2. The van der Waals surface area contributed by atoms with Crippen molar-refractivity contribution in [1.29, 1.82) is 0 Å². The molecule has 2 N–H and O–H groups in total. The third-order valence-corrected chi connectivity index (χ3v) is 6.37. The van der Waals surface area contributed by atoms with Crippen molar-refractivity contribution in [1.82, 2.24) is 14.9 Å². The van der Waals surface area contributed by atoms with Gasteiger partial charge in [0.05, 0.1) is 11.4 Å². The summed E-state index contributed by atoms with van der Waals surface area (Å²) in [6, 6.07) is 11.6. The molecule has 0 unspecified atom stereocenters. The molecule has 2 rings (SSSR count). The average Bonchev–Trinajstić information content (AvgIpc) is 2.72. The number of amides is 2. The van der Waals surface area contributed by atoms with Crippen LogP contribution in [-0.4, -0.2) is 44.2 Å². The number of rotatable bonds is 9. The van der Waals surface area contributed by atoms with Crippen molar-refractivity contribution in [2.24, 2.45) is 0 Å². The zero-order chi connectivity index (χ0) is 21.4. The summed E-state index contributed by atoms with van der Waals surface area (Å²) in [5, 5.41) is 4.97. The lowest BCUT2D eigenvalue weighted by Crippen LogP contribution is -2.36. The fraction of sp³-hybridized carbons (Fsp3) is 0.300. The monoisotopic (exact) mass is 421 g/mol. The molecule has 9 heteroatoms. The second kappa shape index (κ2) is 10.1. The van der Waals surface area contributed by atoms with Crippen molar-refractivity contribution in [3.63, 3.8) is 0 Å². The summed E-state index contributed by atoms with van der Waals surface area (Å²) in [6.45, 7) is 3.93. The van der Waals surface area contributed by atoms with Crippen LogP contribution in [0.15, 0.2) is 53.4 Å². The molecule has 0 aliphatic rings. The van der Waals surface area contributed by atoms with Crippen molar-refractivity contribution in [3.8, 4) is 0 Å². The summed E-state index contributed by atoms with van der Waals surface area (Å²) in [5.41, 5.74) is 0.572. The Hall–Kier alpha value is -2.78. The molecule has 0 bridgehead atoms. The van der Waals surface area contributed by atoms with Crippen LogP contribution >= 0.6 is 0 Å². The van der Waals surface area contributed by atoms with Crippen LogP contribution in [0.1, 0.15) is 29.8 Å². The van der Waals surface area contributed by atoms with Gasteiger partial charge in [-0.25, -0.2) is 12.8 Å². The minimum atomic E-state index is -3.60. The van der Waals surface area contributed by atoms with E-state index in [4.69, 9.17) is 0 Å². The Labute approximate surface area is 170 Å². The molecule has 0 radical (unpaired) electrons. The standard InChI is InChI=1S/C20H24FN3O4S/c1-3-24(4-2)29(27,28)17-11-9-15(10-12-17)20(26)23-14-19(25)22-13-16-7-5-6-8-18(16)21/h5-12H,3-4,13-14H2,1-2H3,(H,22,25)(H,23,26). The summed E-state index contributed by atoms with van der Waals surface area (Å²) in [4.78, 5) is 24.1. The average molecular weight is 421 g/mol. The Kier molecular flexibility index (Phi) is 7.86. The Balaban J connectivity index is 1.91. The molecule has 0 fully saturated rings. The van der Waals surface area contributed by atoms with E-state index in [0.717, 1.165) is 0 Å². The maximum atomic E-state index is 13.5. The predicted octanol–water partition coefficient (Wildman–Crippen LogP) is 1.90. The van der Waals surface area contributed by atoms with Gasteiger partial charge < -0.3 is 10.6 Å². The van der Waals surface area contributed by atoms with Crippen LogP contribution in [0.25, 0.3) is 0 Å². The highest BCUT2D eigenvalue weighted by atomic mass is 32.2. The second-order valence-corrected chi connectivity index (χ2v) is 8.10. The Morgan fingerprint density at radius 1 is 0.966 bits per heavy atom. The summed E-state index contributed by atoms with van der Waals surface area (Å²) in [7, 11) is -3.60. The number of carbonyl (C=O) groups excluding carboxylic acids is 2. The van der Waals surface area contributed by atoms with E-state index >= 15 is 0 Å². The maximum absolute atomic E-state index is 13.5. The van der Waals surface area contributed by atoms with E-state index in [0.29, 0.717) is 18.7 Å². The molecule has 0 saturated carbocycles. The minimum absolute atomic E-state index is 0.0132. The molecule has 2 amide bonds. The SMILES string of the molecule is CCN(CC)S(=O)(=O)c1ccc(C(=O)NCC(=O)NCc2ccccc2F)cc1. The summed E-state index contributed by atoms with van der Waals surface area (Å²) < 4.78 is 39.7. The van der Waals surface area contributed by atoms with Gasteiger partial charge in [0.1, 0.15) is 5.82 Å². The van der Waals surface area contributed by atoms with Gasteiger partial charge in [0, 0.05) is 30.8 Å². The van der Waals surface area contributed by atoms with Gasteiger partial charge in [-0.2, -0.15) is 4.31 Å². The zero-order valence-electron chi connectivity index (χ0n) is 16.3. The van der Waals surface area contributed by atoms with Gasteiger partial charge in [0.2, 0.25) is 15.9 Å². The number of sulfonamides is 1. The molecule has 0 aliphatic heterocycles. The fourth-order valence-corrected chi connectivity index (χ4v) is 4.11. The predicted molar refractivity (Wildman–Crippen MR) is 107 cm³/mol. The van der Waals surface area contributed by atoms with E-state index < -0.39 is 27.7 Å². The number of halogens is 1. The van der Waals surface area contributed by atoms with Crippen LogP contribution in [-0.2, 0) is 21.4 Å². The third-order valence-electron chi connectivity index (χ3n) is 4.30. The lowest BCUT2D eigenvalue weighted by molar-refractivity contribution is -0.120. The van der Waals surface area contributed by atoms with Crippen molar-refractivity contribution in [2.45, 2.75) is 25.3 Å². The van der Waals surface area contributed by atoms with Gasteiger partial charge in [-0.15, -0.1) is 0 Å². The topological polar surface area (TPSA) is 95.6 Å². The highest BCUT2D eigenvalue weighted by Crippen LogP contribution is 2.16. The number of benzene rings is 2. The molecule has 0 saturated heterocycles. The normalized spacial score (nSPS) is 11.3. The first-order chi connectivity index (χ1) is 13.8. The van der Waals surface area contributed by atoms with Crippen LogP contribution in [0, 0.1) is 5.82 Å². The van der Waals surface area contributed by atoms with Gasteiger partial charge in [-0.3, -0.25) is 9.59 Å². The van der Waals surface area contributed by atoms with E-state index in [2.05, 4.69) is 10.6 Å². The molecule has 0 spiro atoms. The van der Waals surface area contributed by atoms with Gasteiger partial charge in [-0.05, 0) is 30.3 Å². The summed E-state index contributed by atoms with van der Waals surface area (Å²) in [5.74, 6) is -1.41. The first-order valence-corrected chi connectivity index (χ1v) is 10.6. The van der Waals surface area contributed by atoms with Crippen LogP contribution in [0.4, 0.5) is 4.39 Å². The quantitative estimate of drug-likeness (QED) is 0.647.